The Balaban J connectivity index is 1.58. The Hall–Kier alpha value is -2.41. The molecule has 0 unspecified atom stereocenters. The summed E-state index contributed by atoms with van der Waals surface area (Å²) in [7, 11) is 0. The standard InChI is InChI=1S/C16H16ClN5O2/c17-10-3-5-11(6-4-10)22-13(19-14(21-22)9-1-2-9)8-7-12-15(23)20-16(24)18-12/h3-6,9,12H,1-2,7-8H2,(H2,18,20,23,24)/t12-/m0/s1. The number of rotatable bonds is 5. The van der Waals surface area contributed by atoms with Gasteiger partial charge in [0.25, 0.3) is 5.91 Å². The predicted molar refractivity (Wildman–Crippen MR) is 87.1 cm³/mol. The molecule has 1 saturated heterocycles. The molecule has 1 aliphatic heterocycles. The topological polar surface area (TPSA) is 88.9 Å². The number of carbonyl (C=O) groups is 2. The Labute approximate surface area is 143 Å². The lowest BCUT2D eigenvalue weighted by Crippen LogP contribution is -2.29. The molecule has 1 aliphatic carbocycles. The van der Waals surface area contributed by atoms with Crippen molar-refractivity contribution >= 4 is 23.5 Å². The van der Waals surface area contributed by atoms with E-state index in [4.69, 9.17) is 11.6 Å². The first kappa shape index (κ1) is 15.1. The second kappa shape index (κ2) is 5.90. The molecular formula is C16H16ClN5O2. The zero-order chi connectivity index (χ0) is 16.7. The first-order chi connectivity index (χ1) is 11.6. The summed E-state index contributed by atoms with van der Waals surface area (Å²) in [5.41, 5.74) is 0.883. The molecule has 1 saturated carbocycles. The number of imide groups is 1. The first-order valence-electron chi connectivity index (χ1n) is 7.93. The minimum Gasteiger partial charge on any atom is -0.326 e. The van der Waals surface area contributed by atoms with Gasteiger partial charge in [0, 0.05) is 17.4 Å². The molecule has 0 bridgehead atoms. The van der Waals surface area contributed by atoms with Gasteiger partial charge in [0.05, 0.1) is 5.69 Å². The Morgan fingerprint density at radius 2 is 1.96 bits per heavy atom. The van der Waals surface area contributed by atoms with Crippen LogP contribution in [0.5, 0.6) is 0 Å². The molecule has 1 aromatic heterocycles. The first-order valence-corrected chi connectivity index (χ1v) is 8.31. The highest BCUT2D eigenvalue weighted by Gasteiger charge is 2.31. The number of benzene rings is 1. The van der Waals surface area contributed by atoms with Crippen molar-refractivity contribution in [2.75, 3.05) is 0 Å². The van der Waals surface area contributed by atoms with E-state index in [0.29, 0.717) is 23.8 Å². The third-order valence-corrected chi connectivity index (χ3v) is 4.47. The third-order valence-electron chi connectivity index (χ3n) is 4.22. The van der Waals surface area contributed by atoms with E-state index in [2.05, 4.69) is 20.7 Å². The average molecular weight is 346 g/mol. The predicted octanol–water partition coefficient (Wildman–Crippen LogP) is 1.94. The van der Waals surface area contributed by atoms with Gasteiger partial charge in [0.2, 0.25) is 0 Å². The molecule has 2 aromatic rings. The van der Waals surface area contributed by atoms with Crippen molar-refractivity contribution < 1.29 is 9.59 Å². The van der Waals surface area contributed by atoms with Crippen molar-refractivity contribution in [3.63, 3.8) is 0 Å². The molecule has 1 atom stereocenters. The normalized spacial score (nSPS) is 20.1. The van der Waals surface area contributed by atoms with Gasteiger partial charge in [-0.15, -0.1) is 0 Å². The highest BCUT2D eigenvalue weighted by molar-refractivity contribution is 6.30. The van der Waals surface area contributed by atoms with Gasteiger partial charge in [-0.1, -0.05) is 11.6 Å². The van der Waals surface area contributed by atoms with Crippen molar-refractivity contribution in [2.24, 2.45) is 0 Å². The largest absolute Gasteiger partial charge is 0.326 e. The maximum absolute atomic E-state index is 11.7. The van der Waals surface area contributed by atoms with Crippen molar-refractivity contribution in [2.45, 2.75) is 37.6 Å². The number of hydrogen-bond acceptors (Lipinski definition) is 4. The monoisotopic (exact) mass is 345 g/mol. The fourth-order valence-electron chi connectivity index (χ4n) is 2.76. The van der Waals surface area contributed by atoms with E-state index < -0.39 is 12.1 Å². The molecule has 8 heteroatoms. The minimum atomic E-state index is -0.516. The molecule has 3 amide bonds. The highest BCUT2D eigenvalue weighted by Crippen LogP contribution is 2.38. The number of nitrogens with one attached hydrogen (secondary N) is 2. The van der Waals surface area contributed by atoms with E-state index in [9.17, 15) is 9.59 Å². The van der Waals surface area contributed by atoms with Gasteiger partial charge >= 0.3 is 6.03 Å². The number of aromatic nitrogens is 3. The maximum atomic E-state index is 11.7. The van der Waals surface area contributed by atoms with Crippen LogP contribution in [0.1, 0.15) is 36.8 Å². The van der Waals surface area contributed by atoms with Crippen LogP contribution in [0.3, 0.4) is 0 Å². The average Bonchev–Trinajstić information content (AvgIpc) is 3.24. The van der Waals surface area contributed by atoms with E-state index in [1.54, 1.807) is 4.68 Å². The Bertz CT molecular complexity index is 797. The van der Waals surface area contributed by atoms with Crippen LogP contribution in [0.2, 0.25) is 5.02 Å². The number of urea groups is 1. The SMILES string of the molecule is O=C1NC(=O)[C@H](CCc2nc(C3CC3)nn2-c2ccc(Cl)cc2)N1. The highest BCUT2D eigenvalue weighted by atomic mass is 35.5. The second-order valence-electron chi connectivity index (χ2n) is 6.10. The maximum Gasteiger partial charge on any atom is 0.322 e. The second-order valence-corrected chi connectivity index (χ2v) is 6.54. The van der Waals surface area contributed by atoms with Crippen LogP contribution in [-0.4, -0.2) is 32.7 Å². The smallest absolute Gasteiger partial charge is 0.322 e. The van der Waals surface area contributed by atoms with E-state index in [1.165, 1.54) is 0 Å². The van der Waals surface area contributed by atoms with Crippen LogP contribution in [-0.2, 0) is 11.2 Å². The molecule has 2 N–H and O–H groups in total. The van der Waals surface area contributed by atoms with Crippen LogP contribution in [0, 0.1) is 0 Å². The fourth-order valence-corrected chi connectivity index (χ4v) is 2.89. The summed E-state index contributed by atoms with van der Waals surface area (Å²) in [6, 6.07) is 6.44. The number of halogens is 1. The van der Waals surface area contributed by atoms with Crippen LogP contribution >= 0.6 is 11.6 Å². The van der Waals surface area contributed by atoms with Crippen molar-refractivity contribution in [1.29, 1.82) is 0 Å². The van der Waals surface area contributed by atoms with Crippen LogP contribution < -0.4 is 10.6 Å². The van der Waals surface area contributed by atoms with E-state index >= 15 is 0 Å². The van der Waals surface area contributed by atoms with E-state index in [-0.39, 0.29) is 5.91 Å². The molecule has 2 fully saturated rings. The molecule has 0 radical (unpaired) electrons. The Kier molecular flexibility index (Phi) is 3.72. The van der Waals surface area contributed by atoms with Gasteiger partial charge < -0.3 is 5.32 Å². The van der Waals surface area contributed by atoms with Gasteiger partial charge in [-0.3, -0.25) is 10.1 Å². The van der Waals surface area contributed by atoms with Crippen molar-refractivity contribution in [3.05, 3.63) is 40.9 Å². The number of carbonyl (C=O) groups excluding carboxylic acids is 2. The summed E-state index contributed by atoms with van der Waals surface area (Å²) in [6.07, 6.45) is 3.25. The van der Waals surface area contributed by atoms with Gasteiger partial charge in [-0.2, -0.15) is 5.10 Å². The Morgan fingerprint density at radius 1 is 1.21 bits per heavy atom. The minimum absolute atomic E-state index is 0.292. The summed E-state index contributed by atoms with van der Waals surface area (Å²) in [5.74, 6) is 1.78. The molecule has 0 spiro atoms. The van der Waals surface area contributed by atoms with Crippen LogP contribution in [0.4, 0.5) is 4.79 Å². The quantitative estimate of drug-likeness (QED) is 0.810. The number of hydrogen-bond donors (Lipinski definition) is 2. The number of amides is 3. The van der Waals surface area contributed by atoms with E-state index in [0.717, 1.165) is 30.2 Å². The van der Waals surface area contributed by atoms with Crippen LogP contribution in [0.25, 0.3) is 5.69 Å². The lowest BCUT2D eigenvalue weighted by molar-refractivity contribution is -0.120. The lowest BCUT2D eigenvalue weighted by Gasteiger charge is -2.08. The van der Waals surface area contributed by atoms with Gasteiger partial charge in [0.15, 0.2) is 5.82 Å². The number of aryl methyl sites for hydroxylation is 1. The van der Waals surface area contributed by atoms with Gasteiger partial charge in [-0.05, 0) is 43.5 Å². The summed E-state index contributed by atoms with van der Waals surface area (Å²) in [4.78, 5) is 27.5. The molecule has 24 heavy (non-hydrogen) atoms. The molecule has 2 heterocycles. The van der Waals surface area contributed by atoms with Crippen molar-refractivity contribution in [1.82, 2.24) is 25.4 Å². The summed E-state index contributed by atoms with van der Waals surface area (Å²) in [6.45, 7) is 0. The molecule has 4 rings (SSSR count). The summed E-state index contributed by atoms with van der Waals surface area (Å²) in [5, 5.41) is 10.1. The number of nitrogens with zero attached hydrogens (tertiary/aromatic N) is 3. The van der Waals surface area contributed by atoms with E-state index in [1.807, 2.05) is 24.3 Å². The van der Waals surface area contributed by atoms with Gasteiger partial charge in [0.1, 0.15) is 11.9 Å². The molecule has 1 aromatic carbocycles. The summed E-state index contributed by atoms with van der Waals surface area (Å²) < 4.78 is 1.80. The molecular weight excluding hydrogens is 330 g/mol. The fraction of sp³-hybridized carbons (Fsp3) is 0.375. The lowest BCUT2D eigenvalue weighted by atomic mass is 10.1. The summed E-state index contributed by atoms with van der Waals surface area (Å²) >= 11 is 5.95. The van der Waals surface area contributed by atoms with Crippen LogP contribution in [0.15, 0.2) is 24.3 Å². The zero-order valence-electron chi connectivity index (χ0n) is 12.8. The zero-order valence-corrected chi connectivity index (χ0v) is 13.6. The Morgan fingerprint density at radius 3 is 2.58 bits per heavy atom. The third kappa shape index (κ3) is 2.99. The van der Waals surface area contributed by atoms with Crippen molar-refractivity contribution in [3.8, 4) is 5.69 Å². The molecule has 124 valence electrons. The molecule has 2 aliphatic rings. The van der Waals surface area contributed by atoms with Gasteiger partial charge in [-0.25, -0.2) is 14.5 Å². The molecule has 7 nitrogen and oxygen atoms in total.